The highest BCUT2D eigenvalue weighted by Crippen LogP contribution is 2.49. The molecule has 2 aromatic carbocycles. The van der Waals surface area contributed by atoms with Gasteiger partial charge in [0.1, 0.15) is 17.6 Å². The fraction of sp³-hybridized carbons (Fsp3) is 0.333. The maximum atomic E-state index is 14.0. The Hall–Kier alpha value is -3.45. The first kappa shape index (κ1) is 24.7. The highest BCUT2D eigenvalue weighted by atomic mass is 35.5. The molecule has 0 radical (unpaired) electrons. The number of ether oxygens (including phenoxy) is 3. The Morgan fingerprint density at radius 1 is 0.886 bits per heavy atom. The summed E-state index contributed by atoms with van der Waals surface area (Å²) in [7, 11) is 4.14. The van der Waals surface area contributed by atoms with Gasteiger partial charge in [0.05, 0.1) is 21.3 Å². The van der Waals surface area contributed by atoms with Gasteiger partial charge in [-0.05, 0) is 48.7 Å². The molecule has 7 nitrogen and oxygen atoms in total. The molecule has 1 unspecified atom stereocenters. The lowest BCUT2D eigenvalue weighted by Crippen LogP contribution is -2.43. The lowest BCUT2D eigenvalue weighted by atomic mass is 9.65. The van der Waals surface area contributed by atoms with E-state index in [9.17, 15) is 14.4 Å². The van der Waals surface area contributed by atoms with Gasteiger partial charge in [0.15, 0.2) is 5.78 Å². The largest absolute Gasteiger partial charge is 0.497 e. The van der Waals surface area contributed by atoms with E-state index < -0.39 is 41.4 Å². The Morgan fingerprint density at radius 3 is 2.03 bits per heavy atom. The number of rotatable bonds is 5. The standard InChI is InChI=1S/C27H26ClNO6/c1-14-21(26(31)34-3)22(16-5-9-17(28)10-6-16)24-20(29-14)13-19(23(25(24)30)27(32)35-4)15-7-11-18(33-2)12-8-15/h5-12,19,21-23H,13H2,1-4H3/t19-,21?,22-,23+/m1/s1. The molecule has 0 aromatic heterocycles. The maximum Gasteiger partial charge on any atom is 0.317 e. The number of Topliss-reactive ketones (excluding diaryl/α,β-unsaturated/α-hetero) is 1. The molecular formula is C27H26ClNO6. The maximum absolute atomic E-state index is 14.0. The van der Waals surface area contributed by atoms with Crippen molar-refractivity contribution < 1.29 is 28.6 Å². The highest BCUT2D eigenvalue weighted by Gasteiger charge is 2.50. The number of carbonyl (C=O) groups is 3. The smallest absolute Gasteiger partial charge is 0.317 e. The van der Waals surface area contributed by atoms with E-state index in [1.807, 2.05) is 12.1 Å². The van der Waals surface area contributed by atoms with Crippen molar-refractivity contribution in [1.29, 1.82) is 0 Å². The predicted octanol–water partition coefficient (Wildman–Crippen LogP) is 4.50. The van der Waals surface area contributed by atoms with Crippen LogP contribution >= 0.6 is 11.6 Å². The summed E-state index contributed by atoms with van der Waals surface area (Å²) in [6.07, 6.45) is 0.336. The SMILES string of the molecule is COC(=O)C1C(C)=NC2=C(C(=O)[C@@H](C(=O)OC)[C@@H](c3ccc(OC)cc3)C2)[C@@H]1c1ccc(Cl)cc1. The minimum Gasteiger partial charge on any atom is -0.497 e. The number of hydrogen-bond acceptors (Lipinski definition) is 7. The van der Waals surface area contributed by atoms with Crippen LogP contribution in [-0.4, -0.2) is 44.8 Å². The summed E-state index contributed by atoms with van der Waals surface area (Å²) >= 11 is 6.10. The highest BCUT2D eigenvalue weighted by molar-refractivity contribution is 6.30. The van der Waals surface area contributed by atoms with E-state index in [4.69, 9.17) is 30.8 Å². The van der Waals surface area contributed by atoms with Gasteiger partial charge < -0.3 is 14.2 Å². The lowest BCUT2D eigenvalue weighted by Gasteiger charge is -2.39. The third-order valence-electron chi connectivity index (χ3n) is 6.76. The molecule has 4 rings (SSSR count). The van der Waals surface area contributed by atoms with Crippen molar-refractivity contribution >= 4 is 35.0 Å². The van der Waals surface area contributed by atoms with E-state index in [0.717, 1.165) is 5.56 Å². The van der Waals surface area contributed by atoms with Crippen LogP contribution in [0.4, 0.5) is 0 Å². The van der Waals surface area contributed by atoms with E-state index in [1.165, 1.54) is 14.2 Å². The van der Waals surface area contributed by atoms with Crippen molar-refractivity contribution in [2.75, 3.05) is 21.3 Å². The van der Waals surface area contributed by atoms with E-state index >= 15 is 0 Å². The summed E-state index contributed by atoms with van der Waals surface area (Å²) in [4.78, 5) is 44.6. The van der Waals surface area contributed by atoms with Crippen molar-refractivity contribution in [3.8, 4) is 5.75 Å². The van der Waals surface area contributed by atoms with Gasteiger partial charge >= 0.3 is 11.9 Å². The molecule has 0 bridgehead atoms. The van der Waals surface area contributed by atoms with Crippen LogP contribution in [-0.2, 0) is 23.9 Å². The number of carbonyl (C=O) groups excluding carboxylic acids is 3. The molecule has 182 valence electrons. The average Bonchev–Trinajstić information content (AvgIpc) is 2.87. The van der Waals surface area contributed by atoms with Crippen LogP contribution in [0.1, 0.15) is 36.3 Å². The van der Waals surface area contributed by atoms with E-state index in [-0.39, 0.29) is 0 Å². The molecule has 2 aromatic rings. The molecular weight excluding hydrogens is 470 g/mol. The zero-order valence-corrected chi connectivity index (χ0v) is 20.7. The van der Waals surface area contributed by atoms with Crippen LogP contribution in [0, 0.1) is 11.8 Å². The zero-order chi connectivity index (χ0) is 25.3. The summed E-state index contributed by atoms with van der Waals surface area (Å²) in [5.41, 5.74) is 2.97. The Morgan fingerprint density at radius 2 is 1.46 bits per heavy atom. The first-order chi connectivity index (χ1) is 16.8. The third kappa shape index (κ3) is 4.48. The van der Waals surface area contributed by atoms with Gasteiger partial charge in [0.2, 0.25) is 0 Å². The van der Waals surface area contributed by atoms with Gasteiger partial charge in [-0.25, -0.2) is 0 Å². The van der Waals surface area contributed by atoms with E-state index in [2.05, 4.69) is 0 Å². The van der Waals surface area contributed by atoms with Crippen LogP contribution in [0.3, 0.4) is 0 Å². The number of ketones is 1. The van der Waals surface area contributed by atoms with Crippen LogP contribution in [0.5, 0.6) is 5.75 Å². The van der Waals surface area contributed by atoms with Crippen molar-refractivity contribution in [1.82, 2.24) is 0 Å². The van der Waals surface area contributed by atoms with Crippen molar-refractivity contribution in [2.24, 2.45) is 16.8 Å². The minimum absolute atomic E-state index is 0.336. The second-order valence-electron chi connectivity index (χ2n) is 8.59. The molecule has 0 spiro atoms. The van der Waals surface area contributed by atoms with Gasteiger partial charge in [-0.3, -0.25) is 19.4 Å². The van der Waals surface area contributed by atoms with Gasteiger partial charge in [0.25, 0.3) is 0 Å². The molecule has 35 heavy (non-hydrogen) atoms. The lowest BCUT2D eigenvalue weighted by molar-refractivity contribution is -0.150. The van der Waals surface area contributed by atoms with Crippen molar-refractivity contribution in [3.05, 3.63) is 76.0 Å². The number of esters is 2. The zero-order valence-electron chi connectivity index (χ0n) is 19.9. The van der Waals surface area contributed by atoms with Crippen LogP contribution < -0.4 is 4.74 Å². The molecule has 0 fully saturated rings. The molecule has 4 atom stereocenters. The molecule has 1 heterocycles. The average molecular weight is 496 g/mol. The Labute approximate surface area is 208 Å². The summed E-state index contributed by atoms with van der Waals surface area (Å²) in [6.45, 7) is 1.76. The number of methoxy groups -OCH3 is 3. The molecule has 0 saturated carbocycles. The van der Waals surface area contributed by atoms with E-state index in [0.29, 0.717) is 39.7 Å². The quantitative estimate of drug-likeness (QED) is 0.448. The molecule has 1 aliphatic heterocycles. The normalized spacial score (nSPS) is 23.8. The van der Waals surface area contributed by atoms with Crippen LogP contribution in [0.2, 0.25) is 5.02 Å². The fourth-order valence-corrected chi connectivity index (χ4v) is 5.21. The van der Waals surface area contributed by atoms with Gasteiger partial charge in [-0.2, -0.15) is 0 Å². The number of nitrogens with zero attached hydrogens (tertiary/aromatic N) is 1. The Kier molecular flexibility index (Phi) is 7.08. The van der Waals surface area contributed by atoms with Gasteiger partial charge in [-0.1, -0.05) is 35.9 Å². The summed E-state index contributed by atoms with van der Waals surface area (Å²) in [5, 5.41) is 0.528. The second-order valence-corrected chi connectivity index (χ2v) is 9.03. The number of allylic oxidation sites excluding steroid dienone is 2. The Bertz CT molecular complexity index is 1220. The first-order valence-corrected chi connectivity index (χ1v) is 11.6. The third-order valence-corrected chi connectivity index (χ3v) is 7.02. The first-order valence-electron chi connectivity index (χ1n) is 11.2. The van der Waals surface area contributed by atoms with Gasteiger partial charge in [0, 0.05) is 33.8 Å². The van der Waals surface area contributed by atoms with Crippen molar-refractivity contribution in [2.45, 2.75) is 25.2 Å². The number of hydrogen-bond donors (Lipinski definition) is 0. The van der Waals surface area contributed by atoms with Crippen molar-refractivity contribution in [3.63, 3.8) is 0 Å². The molecule has 0 N–H and O–H groups in total. The second kappa shape index (κ2) is 10.0. The number of benzene rings is 2. The summed E-state index contributed by atoms with van der Waals surface area (Å²) in [5.74, 6) is -3.88. The topological polar surface area (TPSA) is 91.3 Å². The van der Waals surface area contributed by atoms with Gasteiger partial charge in [-0.15, -0.1) is 0 Å². The predicted molar refractivity (Wildman–Crippen MR) is 131 cm³/mol. The minimum atomic E-state index is -1.08. The molecule has 1 aliphatic carbocycles. The molecule has 8 heteroatoms. The molecule has 2 aliphatic rings. The van der Waals surface area contributed by atoms with Crippen LogP contribution in [0.15, 0.2) is 64.8 Å². The molecule has 0 saturated heterocycles. The number of aliphatic imine (C=N–C) groups is 1. The summed E-state index contributed by atoms with van der Waals surface area (Å²) in [6, 6.07) is 14.2. The molecule has 0 amide bonds. The number of halogens is 1. The Balaban J connectivity index is 1.89. The van der Waals surface area contributed by atoms with Crippen LogP contribution in [0.25, 0.3) is 0 Å². The van der Waals surface area contributed by atoms with E-state index in [1.54, 1.807) is 50.4 Å². The monoisotopic (exact) mass is 495 g/mol. The summed E-state index contributed by atoms with van der Waals surface area (Å²) < 4.78 is 15.4. The fourth-order valence-electron chi connectivity index (χ4n) is 5.08.